The van der Waals surface area contributed by atoms with Crippen LogP contribution in [0.25, 0.3) is 0 Å². The summed E-state index contributed by atoms with van der Waals surface area (Å²) in [6, 6.07) is -0.546. The van der Waals surface area contributed by atoms with Crippen LogP contribution in [-0.4, -0.2) is 25.0 Å². The van der Waals surface area contributed by atoms with Crippen molar-refractivity contribution in [3.63, 3.8) is 0 Å². The lowest BCUT2D eigenvalue weighted by molar-refractivity contribution is -0.149. The maximum absolute atomic E-state index is 12.7. The lowest BCUT2D eigenvalue weighted by Crippen LogP contribution is -2.56. The topological polar surface area (TPSA) is 67.4 Å². The van der Waals surface area contributed by atoms with Gasteiger partial charge in [0.05, 0.1) is 7.11 Å². The van der Waals surface area contributed by atoms with Gasteiger partial charge in [0.25, 0.3) is 5.91 Å². The molecule has 0 aromatic rings. The van der Waals surface area contributed by atoms with Crippen molar-refractivity contribution >= 4 is 11.8 Å². The van der Waals surface area contributed by atoms with E-state index in [1.54, 1.807) is 6.92 Å². The van der Waals surface area contributed by atoms with Crippen molar-refractivity contribution in [2.45, 2.75) is 51.5 Å². The largest absolute Gasteiger partial charge is 0.344 e. The van der Waals surface area contributed by atoms with Gasteiger partial charge < -0.3 is 5.32 Å². The summed E-state index contributed by atoms with van der Waals surface area (Å²) >= 11 is 0. The first-order chi connectivity index (χ1) is 9.52. The van der Waals surface area contributed by atoms with Gasteiger partial charge in [-0.25, -0.2) is 5.48 Å². The Morgan fingerprint density at radius 3 is 2.05 bits per heavy atom. The maximum Gasteiger partial charge on any atom is 0.265 e. The van der Waals surface area contributed by atoms with Gasteiger partial charge in [0, 0.05) is 5.41 Å². The highest BCUT2D eigenvalue weighted by atomic mass is 16.6. The lowest BCUT2D eigenvalue weighted by atomic mass is 9.49. The molecule has 0 aromatic carbocycles. The van der Waals surface area contributed by atoms with Gasteiger partial charge in [-0.2, -0.15) is 0 Å². The molecule has 0 aliphatic heterocycles. The second-order valence-corrected chi connectivity index (χ2v) is 7.06. The molecule has 1 atom stereocenters. The van der Waals surface area contributed by atoms with E-state index in [1.165, 1.54) is 26.4 Å². The third kappa shape index (κ3) is 2.32. The fourth-order valence-electron chi connectivity index (χ4n) is 4.99. The van der Waals surface area contributed by atoms with E-state index in [-0.39, 0.29) is 17.2 Å². The molecule has 5 nitrogen and oxygen atoms in total. The van der Waals surface area contributed by atoms with Gasteiger partial charge in [-0.15, -0.1) is 0 Å². The fourth-order valence-corrected chi connectivity index (χ4v) is 4.99. The van der Waals surface area contributed by atoms with Crippen molar-refractivity contribution < 1.29 is 14.4 Å². The SMILES string of the molecule is CONC(=O)[C@@H](C)NC(=O)C12CC3CC(CC(C3)C1)C2. The third-order valence-electron chi connectivity index (χ3n) is 5.46. The number of carbonyl (C=O) groups is 2. The van der Waals surface area contributed by atoms with Crippen LogP contribution in [0.1, 0.15) is 45.4 Å². The molecule has 0 spiro atoms. The van der Waals surface area contributed by atoms with E-state index >= 15 is 0 Å². The van der Waals surface area contributed by atoms with Crippen LogP contribution >= 0.6 is 0 Å². The summed E-state index contributed by atoms with van der Waals surface area (Å²) in [6.07, 6.45) is 6.99. The summed E-state index contributed by atoms with van der Waals surface area (Å²) in [6.45, 7) is 1.70. The van der Waals surface area contributed by atoms with Gasteiger partial charge in [-0.3, -0.25) is 14.4 Å². The minimum Gasteiger partial charge on any atom is -0.344 e. The summed E-state index contributed by atoms with van der Waals surface area (Å²) < 4.78 is 0. The summed E-state index contributed by atoms with van der Waals surface area (Å²) in [5.41, 5.74) is 2.07. The average Bonchev–Trinajstić information content (AvgIpc) is 2.37. The molecule has 112 valence electrons. The molecule has 4 rings (SSSR count). The Morgan fingerprint density at radius 2 is 1.60 bits per heavy atom. The molecule has 4 aliphatic rings. The Kier molecular flexibility index (Phi) is 3.48. The highest BCUT2D eigenvalue weighted by Gasteiger charge is 2.54. The van der Waals surface area contributed by atoms with Gasteiger partial charge in [0.15, 0.2) is 0 Å². The predicted molar refractivity (Wildman–Crippen MR) is 73.4 cm³/mol. The maximum atomic E-state index is 12.7. The first-order valence-electron chi connectivity index (χ1n) is 7.66. The number of carbonyl (C=O) groups excluding carboxylic acids is 2. The molecule has 5 heteroatoms. The number of amides is 2. The van der Waals surface area contributed by atoms with Crippen molar-refractivity contribution in [2.24, 2.45) is 23.2 Å². The molecular weight excluding hydrogens is 256 g/mol. The van der Waals surface area contributed by atoms with Crippen molar-refractivity contribution in [1.82, 2.24) is 10.8 Å². The van der Waals surface area contributed by atoms with Crippen LogP contribution in [0.4, 0.5) is 0 Å². The third-order valence-corrected chi connectivity index (χ3v) is 5.46. The number of nitrogens with one attached hydrogen (secondary N) is 2. The predicted octanol–water partition coefficient (Wildman–Crippen LogP) is 1.39. The van der Waals surface area contributed by atoms with Gasteiger partial charge in [-0.05, 0) is 63.2 Å². The normalized spacial score (nSPS) is 39.4. The first-order valence-corrected chi connectivity index (χ1v) is 7.66. The molecule has 0 heterocycles. The van der Waals surface area contributed by atoms with Gasteiger partial charge in [0.1, 0.15) is 6.04 Å². The van der Waals surface area contributed by atoms with E-state index in [0.29, 0.717) is 0 Å². The van der Waals surface area contributed by atoms with E-state index in [4.69, 9.17) is 0 Å². The Labute approximate surface area is 119 Å². The van der Waals surface area contributed by atoms with Crippen LogP contribution < -0.4 is 10.8 Å². The molecule has 0 radical (unpaired) electrons. The summed E-state index contributed by atoms with van der Waals surface area (Å²) in [5.74, 6) is 1.97. The Hall–Kier alpha value is -1.10. The Morgan fingerprint density at radius 1 is 1.10 bits per heavy atom. The second-order valence-electron chi connectivity index (χ2n) is 7.06. The minimum atomic E-state index is -0.546. The molecule has 2 amide bonds. The van der Waals surface area contributed by atoms with Crippen LogP contribution in [-0.2, 0) is 14.4 Å². The van der Waals surface area contributed by atoms with Crippen molar-refractivity contribution in [3.05, 3.63) is 0 Å². The summed E-state index contributed by atoms with van der Waals surface area (Å²) in [5, 5.41) is 2.89. The lowest BCUT2D eigenvalue weighted by Gasteiger charge is -2.55. The molecule has 20 heavy (non-hydrogen) atoms. The zero-order chi connectivity index (χ0) is 14.3. The van der Waals surface area contributed by atoms with Crippen molar-refractivity contribution in [1.29, 1.82) is 0 Å². The van der Waals surface area contributed by atoms with E-state index < -0.39 is 6.04 Å². The molecule has 2 N–H and O–H groups in total. The Balaban J connectivity index is 1.66. The van der Waals surface area contributed by atoms with E-state index in [1.807, 2.05) is 0 Å². The monoisotopic (exact) mass is 280 g/mol. The molecule has 0 aromatic heterocycles. The summed E-state index contributed by atoms with van der Waals surface area (Å²) in [4.78, 5) is 28.9. The van der Waals surface area contributed by atoms with E-state index in [9.17, 15) is 9.59 Å². The van der Waals surface area contributed by atoms with Crippen LogP contribution in [0.15, 0.2) is 0 Å². The fraction of sp³-hybridized carbons (Fsp3) is 0.867. The highest BCUT2D eigenvalue weighted by Crippen LogP contribution is 2.60. The number of hydrogen-bond acceptors (Lipinski definition) is 3. The van der Waals surface area contributed by atoms with Crippen molar-refractivity contribution in [3.8, 4) is 0 Å². The second kappa shape index (κ2) is 5.02. The highest BCUT2D eigenvalue weighted by molar-refractivity contribution is 5.89. The molecular formula is C15H24N2O3. The zero-order valence-electron chi connectivity index (χ0n) is 12.3. The molecule has 4 fully saturated rings. The van der Waals surface area contributed by atoms with Crippen LogP contribution in [0.5, 0.6) is 0 Å². The number of hydrogen-bond donors (Lipinski definition) is 2. The van der Waals surface area contributed by atoms with Crippen LogP contribution in [0.3, 0.4) is 0 Å². The number of rotatable bonds is 4. The van der Waals surface area contributed by atoms with Crippen LogP contribution in [0, 0.1) is 23.2 Å². The number of hydroxylamine groups is 1. The van der Waals surface area contributed by atoms with Gasteiger partial charge in [0.2, 0.25) is 5.91 Å². The molecule has 4 bridgehead atoms. The average molecular weight is 280 g/mol. The van der Waals surface area contributed by atoms with Crippen LogP contribution in [0.2, 0.25) is 0 Å². The standard InChI is InChI=1S/C15H24N2O3/c1-9(13(18)17-20-2)16-14(19)15-6-10-3-11(7-15)5-12(4-10)8-15/h9-12H,3-8H2,1-2H3,(H,16,19)(H,17,18)/t9-,10?,11?,12?,15?/m1/s1. The molecule has 0 saturated heterocycles. The van der Waals surface area contributed by atoms with E-state index in [0.717, 1.165) is 37.0 Å². The van der Waals surface area contributed by atoms with Gasteiger partial charge >= 0.3 is 0 Å². The smallest absolute Gasteiger partial charge is 0.265 e. The molecule has 0 unspecified atom stereocenters. The summed E-state index contributed by atoms with van der Waals surface area (Å²) in [7, 11) is 1.39. The van der Waals surface area contributed by atoms with Crippen molar-refractivity contribution in [2.75, 3.05) is 7.11 Å². The first kappa shape index (κ1) is 13.9. The molecule has 4 aliphatic carbocycles. The van der Waals surface area contributed by atoms with Gasteiger partial charge in [-0.1, -0.05) is 0 Å². The molecule has 4 saturated carbocycles. The minimum absolute atomic E-state index is 0.0790. The quantitative estimate of drug-likeness (QED) is 0.765. The van der Waals surface area contributed by atoms with E-state index in [2.05, 4.69) is 15.6 Å². The zero-order valence-corrected chi connectivity index (χ0v) is 12.3. The Bertz CT molecular complexity index is 386.